The van der Waals surface area contributed by atoms with Crippen molar-refractivity contribution in [3.63, 3.8) is 0 Å². The average molecular weight is 395 g/mol. The predicted octanol–water partition coefficient (Wildman–Crippen LogP) is 6.48. The Morgan fingerprint density at radius 2 is 1.87 bits per heavy atom. The van der Waals surface area contributed by atoms with Gasteiger partial charge in [-0.2, -0.15) is 0 Å². The first-order chi connectivity index (χ1) is 11.2. The molecular formula is C19H23BrO2S. The van der Waals surface area contributed by atoms with Crippen molar-refractivity contribution in [3.8, 4) is 10.4 Å². The van der Waals surface area contributed by atoms with E-state index in [0.717, 1.165) is 12.0 Å². The molecule has 2 nitrogen and oxygen atoms in total. The molecule has 0 amide bonds. The molecule has 4 heteroatoms. The summed E-state index contributed by atoms with van der Waals surface area (Å²) in [7, 11) is 0. The van der Waals surface area contributed by atoms with Gasteiger partial charge in [-0.3, -0.25) is 0 Å². The van der Waals surface area contributed by atoms with E-state index in [4.69, 9.17) is 4.74 Å². The maximum absolute atomic E-state index is 11.7. The van der Waals surface area contributed by atoms with Gasteiger partial charge in [0, 0.05) is 4.88 Å². The largest absolute Gasteiger partial charge is 0.462 e. The molecule has 0 aliphatic rings. The van der Waals surface area contributed by atoms with Crippen molar-refractivity contribution < 1.29 is 9.53 Å². The summed E-state index contributed by atoms with van der Waals surface area (Å²) in [6.07, 6.45) is 6.23. The van der Waals surface area contributed by atoms with Gasteiger partial charge in [0.2, 0.25) is 0 Å². The first-order valence-corrected chi connectivity index (χ1v) is 9.82. The third-order valence-corrected chi connectivity index (χ3v) is 5.75. The van der Waals surface area contributed by atoms with Gasteiger partial charge in [0.15, 0.2) is 0 Å². The Morgan fingerprint density at radius 1 is 1.13 bits per heavy atom. The van der Waals surface area contributed by atoms with Crippen LogP contribution in [0.1, 0.15) is 55.5 Å². The molecule has 1 aromatic heterocycles. The summed E-state index contributed by atoms with van der Waals surface area (Å²) in [5, 5.41) is 0. The third-order valence-electron chi connectivity index (χ3n) is 3.74. The number of halogens is 1. The molecule has 0 saturated heterocycles. The fraction of sp³-hybridized carbons (Fsp3) is 0.421. The zero-order chi connectivity index (χ0) is 16.7. The molecule has 0 aliphatic carbocycles. The first-order valence-electron chi connectivity index (χ1n) is 8.21. The van der Waals surface area contributed by atoms with E-state index in [-0.39, 0.29) is 5.97 Å². The summed E-state index contributed by atoms with van der Waals surface area (Å²) >= 11 is 5.44. The summed E-state index contributed by atoms with van der Waals surface area (Å²) in [5.41, 5.74) is 3.13. The fourth-order valence-electron chi connectivity index (χ4n) is 2.45. The van der Waals surface area contributed by atoms with Crippen molar-refractivity contribution >= 4 is 33.2 Å². The molecule has 0 atom stereocenters. The number of hydrogen-bond acceptors (Lipinski definition) is 3. The van der Waals surface area contributed by atoms with Gasteiger partial charge in [0.05, 0.1) is 16.0 Å². The van der Waals surface area contributed by atoms with Gasteiger partial charge in [0.1, 0.15) is 0 Å². The van der Waals surface area contributed by atoms with Crippen LogP contribution in [0.3, 0.4) is 0 Å². The number of carbonyl (C=O) groups excluding carboxylic acids is 1. The Bertz CT molecular complexity index is 631. The van der Waals surface area contributed by atoms with Gasteiger partial charge in [0.25, 0.3) is 0 Å². The maximum atomic E-state index is 11.7. The van der Waals surface area contributed by atoms with Crippen LogP contribution in [0.2, 0.25) is 0 Å². The Balaban J connectivity index is 2.05. The molecule has 0 fully saturated rings. The van der Waals surface area contributed by atoms with Crippen LogP contribution in [0.25, 0.3) is 10.4 Å². The lowest BCUT2D eigenvalue weighted by atomic mass is 10.1. The van der Waals surface area contributed by atoms with Crippen molar-refractivity contribution in [2.75, 3.05) is 6.61 Å². The van der Waals surface area contributed by atoms with Crippen LogP contribution >= 0.6 is 27.3 Å². The quantitative estimate of drug-likeness (QED) is 0.378. The molecule has 124 valence electrons. The van der Waals surface area contributed by atoms with Gasteiger partial charge in [-0.1, -0.05) is 38.3 Å². The lowest BCUT2D eigenvalue weighted by Gasteiger charge is -2.02. The van der Waals surface area contributed by atoms with Crippen LogP contribution in [-0.2, 0) is 11.2 Å². The van der Waals surface area contributed by atoms with E-state index >= 15 is 0 Å². The van der Waals surface area contributed by atoms with Crippen molar-refractivity contribution in [2.24, 2.45) is 0 Å². The zero-order valence-corrected chi connectivity index (χ0v) is 16.1. The molecule has 1 aromatic carbocycles. The van der Waals surface area contributed by atoms with Crippen LogP contribution < -0.4 is 0 Å². The van der Waals surface area contributed by atoms with Gasteiger partial charge < -0.3 is 4.74 Å². The molecule has 23 heavy (non-hydrogen) atoms. The molecule has 0 bridgehead atoms. The monoisotopic (exact) mass is 394 g/mol. The van der Waals surface area contributed by atoms with E-state index < -0.39 is 0 Å². The highest BCUT2D eigenvalue weighted by atomic mass is 79.9. The second-order valence-corrected chi connectivity index (χ2v) is 7.89. The molecule has 2 rings (SSSR count). The number of rotatable bonds is 8. The lowest BCUT2D eigenvalue weighted by molar-refractivity contribution is 0.0526. The minimum absolute atomic E-state index is 0.261. The number of unbranched alkanes of at least 4 members (excludes halogenated alkanes) is 3. The minimum atomic E-state index is -0.261. The Morgan fingerprint density at radius 3 is 2.52 bits per heavy atom. The van der Waals surface area contributed by atoms with Crippen molar-refractivity contribution in [3.05, 3.63) is 45.2 Å². The Hall–Kier alpha value is -1.13. The molecule has 0 spiro atoms. The Labute approximate surface area is 151 Å². The van der Waals surface area contributed by atoms with Crippen LogP contribution in [-0.4, -0.2) is 12.6 Å². The second kappa shape index (κ2) is 9.24. The molecule has 2 aromatic rings. The summed E-state index contributed by atoms with van der Waals surface area (Å²) in [4.78, 5) is 12.9. The smallest absolute Gasteiger partial charge is 0.338 e. The van der Waals surface area contributed by atoms with Crippen molar-refractivity contribution in [1.82, 2.24) is 0 Å². The standard InChI is InChI=1S/C19H23BrO2S/c1-3-5-6-7-8-16-13-17(23-18(16)20)14-9-11-15(12-10-14)19(21)22-4-2/h9-13H,3-8H2,1-2H3. The van der Waals surface area contributed by atoms with E-state index in [9.17, 15) is 4.79 Å². The topological polar surface area (TPSA) is 26.3 Å². The van der Waals surface area contributed by atoms with E-state index in [1.165, 1.54) is 39.9 Å². The van der Waals surface area contributed by atoms with Crippen LogP contribution in [0.4, 0.5) is 0 Å². The van der Waals surface area contributed by atoms with Crippen molar-refractivity contribution in [2.45, 2.75) is 46.0 Å². The molecule has 0 saturated carbocycles. The number of ether oxygens (including phenoxy) is 1. The molecule has 1 heterocycles. The average Bonchev–Trinajstić information content (AvgIpc) is 2.93. The van der Waals surface area contributed by atoms with Crippen LogP contribution in [0, 0.1) is 0 Å². The molecule has 0 aliphatic heterocycles. The predicted molar refractivity (Wildman–Crippen MR) is 101 cm³/mol. The molecular weight excluding hydrogens is 372 g/mol. The highest BCUT2D eigenvalue weighted by Crippen LogP contribution is 2.36. The zero-order valence-electron chi connectivity index (χ0n) is 13.7. The van der Waals surface area contributed by atoms with Gasteiger partial charge in [-0.15, -0.1) is 11.3 Å². The van der Waals surface area contributed by atoms with E-state index in [1.54, 1.807) is 11.3 Å². The van der Waals surface area contributed by atoms with Gasteiger partial charge in [-0.05, 0) is 65.0 Å². The summed E-state index contributed by atoms with van der Waals surface area (Å²) in [6.45, 7) is 4.45. The minimum Gasteiger partial charge on any atom is -0.462 e. The lowest BCUT2D eigenvalue weighted by Crippen LogP contribution is -2.03. The van der Waals surface area contributed by atoms with Crippen molar-refractivity contribution in [1.29, 1.82) is 0 Å². The van der Waals surface area contributed by atoms with E-state index in [1.807, 2.05) is 31.2 Å². The number of aryl methyl sites for hydroxylation is 1. The second-order valence-electron chi connectivity index (χ2n) is 5.52. The number of hydrogen-bond donors (Lipinski definition) is 0. The number of esters is 1. The number of carbonyl (C=O) groups is 1. The number of thiophene rings is 1. The summed E-state index contributed by atoms with van der Waals surface area (Å²) in [5.74, 6) is -0.261. The normalized spacial score (nSPS) is 10.7. The Kier molecular flexibility index (Phi) is 7.31. The first kappa shape index (κ1) is 18.2. The number of benzene rings is 1. The summed E-state index contributed by atoms with van der Waals surface area (Å²) < 4.78 is 6.24. The summed E-state index contributed by atoms with van der Waals surface area (Å²) in [6, 6.07) is 9.92. The highest BCUT2D eigenvalue weighted by Gasteiger charge is 2.10. The molecule has 0 unspecified atom stereocenters. The third kappa shape index (κ3) is 5.18. The van der Waals surface area contributed by atoms with E-state index in [0.29, 0.717) is 12.2 Å². The molecule has 0 N–H and O–H groups in total. The maximum Gasteiger partial charge on any atom is 0.338 e. The van der Waals surface area contributed by atoms with Gasteiger partial charge >= 0.3 is 5.97 Å². The van der Waals surface area contributed by atoms with Crippen LogP contribution in [0.15, 0.2) is 34.1 Å². The van der Waals surface area contributed by atoms with E-state index in [2.05, 4.69) is 28.9 Å². The van der Waals surface area contributed by atoms with Crippen LogP contribution in [0.5, 0.6) is 0 Å². The SMILES string of the molecule is CCCCCCc1cc(-c2ccc(C(=O)OCC)cc2)sc1Br. The van der Waals surface area contributed by atoms with Gasteiger partial charge in [-0.25, -0.2) is 4.79 Å². The molecule has 0 radical (unpaired) electrons. The highest BCUT2D eigenvalue weighted by molar-refractivity contribution is 9.11. The fourth-order valence-corrected chi connectivity index (χ4v) is 4.22.